The summed E-state index contributed by atoms with van der Waals surface area (Å²) in [7, 11) is 0. The van der Waals surface area contributed by atoms with Crippen LogP contribution in [0.1, 0.15) is 44.5 Å². The van der Waals surface area contributed by atoms with Crippen molar-refractivity contribution in [1.82, 2.24) is 15.0 Å². The van der Waals surface area contributed by atoms with Crippen molar-refractivity contribution in [3.8, 4) is 89.8 Å². The maximum absolute atomic E-state index is 5.27. The lowest BCUT2D eigenvalue weighted by Gasteiger charge is -2.48. The van der Waals surface area contributed by atoms with E-state index >= 15 is 0 Å². The van der Waals surface area contributed by atoms with Gasteiger partial charge in [0.05, 0.1) is 10.8 Å². The fraction of sp³-hybridized carbons (Fsp3) is 0.0282. The number of nitrogens with zero attached hydrogens (tertiary/aromatic N) is 3. The van der Waals surface area contributed by atoms with Crippen molar-refractivity contribution >= 4 is 0 Å². The second-order valence-corrected chi connectivity index (χ2v) is 19.8. The molecular weight excluding hydrogens is 895 g/mol. The fourth-order valence-corrected chi connectivity index (χ4v) is 13.0. The maximum Gasteiger partial charge on any atom is 0.164 e. The molecule has 0 amide bonds. The van der Waals surface area contributed by atoms with Crippen LogP contribution in [0.3, 0.4) is 0 Å². The van der Waals surface area contributed by atoms with Gasteiger partial charge in [0.25, 0.3) is 0 Å². The quantitative estimate of drug-likeness (QED) is 0.167. The Morgan fingerprint density at radius 1 is 0.176 bits per heavy atom. The van der Waals surface area contributed by atoms with E-state index in [1.54, 1.807) is 0 Å². The Morgan fingerprint density at radius 3 is 0.838 bits per heavy atom. The van der Waals surface area contributed by atoms with E-state index in [2.05, 4.69) is 261 Å². The summed E-state index contributed by atoms with van der Waals surface area (Å²) in [5, 5.41) is 0. The number of hydrogen-bond donors (Lipinski definition) is 0. The van der Waals surface area contributed by atoms with E-state index in [-0.39, 0.29) is 0 Å². The van der Waals surface area contributed by atoms with Gasteiger partial charge in [-0.1, -0.05) is 249 Å². The molecule has 0 atom stereocenters. The molecule has 3 aliphatic rings. The van der Waals surface area contributed by atoms with E-state index in [0.717, 1.165) is 50.1 Å². The minimum Gasteiger partial charge on any atom is -0.208 e. The Morgan fingerprint density at radius 2 is 0.446 bits per heavy atom. The molecule has 0 fully saturated rings. The molecular formula is C71H45N3. The summed E-state index contributed by atoms with van der Waals surface area (Å²) < 4.78 is 0. The van der Waals surface area contributed by atoms with Crippen molar-refractivity contribution < 1.29 is 0 Å². The van der Waals surface area contributed by atoms with Crippen molar-refractivity contribution in [2.24, 2.45) is 0 Å². The molecule has 1 heterocycles. The molecule has 0 saturated heterocycles. The molecule has 1 aromatic heterocycles. The second-order valence-electron chi connectivity index (χ2n) is 19.8. The molecule has 12 aromatic rings. The summed E-state index contributed by atoms with van der Waals surface area (Å²) in [6.45, 7) is 0. The number of aromatic nitrogens is 3. The lowest BCUT2D eigenvalue weighted by molar-refractivity contribution is 0.633. The van der Waals surface area contributed by atoms with E-state index in [1.807, 2.05) is 12.1 Å². The zero-order chi connectivity index (χ0) is 48.8. The summed E-state index contributed by atoms with van der Waals surface area (Å²) in [4.78, 5) is 15.8. The third-order valence-corrected chi connectivity index (χ3v) is 16.0. The van der Waals surface area contributed by atoms with E-state index in [0.29, 0.717) is 17.5 Å². The SMILES string of the molecule is c1ccc(-c2cccc(-c3nc(-c4cccc(-c5ccccc5)c4)nc(-c4cccc(-c5ccc6c(c5)-c5ccccc5C65c6ccccc6C6(c7ccccc7-c7ccccc76)c6ccccc65)c4)n3)c2)cc1. The summed E-state index contributed by atoms with van der Waals surface area (Å²) in [6.07, 6.45) is 0. The second kappa shape index (κ2) is 16.5. The van der Waals surface area contributed by atoms with Gasteiger partial charge >= 0.3 is 0 Å². The molecule has 0 radical (unpaired) electrons. The van der Waals surface area contributed by atoms with Crippen molar-refractivity contribution in [3.63, 3.8) is 0 Å². The van der Waals surface area contributed by atoms with E-state index < -0.39 is 10.8 Å². The molecule has 0 bridgehead atoms. The summed E-state index contributed by atoms with van der Waals surface area (Å²) in [5.41, 5.74) is 24.2. The number of rotatable bonds is 6. The Balaban J connectivity index is 0.891. The molecule has 344 valence electrons. The Kier molecular flexibility index (Phi) is 9.39. The van der Waals surface area contributed by atoms with Crippen LogP contribution in [0.4, 0.5) is 0 Å². The zero-order valence-corrected chi connectivity index (χ0v) is 40.3. The van der Waals surface area contributed by atoms with Crippen LogP contribution in [-0.2, 0) is 10.8 Å². The molecule has 2 spiro atoms. The van der Waals surface area contributed by atoms with Gasteiger partial charge in [0, 0.05) is 16.7 Å². The largest absolute Gasteiger partial charge is 0.208 e. The lowest BCUT2D eigenvalue weighted by atomic mass is 9.52. The highest BCUT2D eigenvalue weighted by Crippen LogP contribution is 2.67. The highest BCUT2D eigenvalue weighted by Gasteiger charge is 2.58. The van der Waals surface area contributed by atoms with Gasteiger partial charge in [-0.25, -0.2) is 15.0 Å². The van der Waals surface area contributed by atoms with E-state index in [9.17, 15) is 0 Å². The summed E-state index contributed by atoms with van der Waals surface area (Å²) in [6, 6.07) is 99.7. The van der Waals surface area contributed by atoms with Gasteiger partial charge in [0.2, 0.25) is 0 Å². The van der Waals surface area contributed by atoms with Crippen molar-refractivity contribution in [3.05, 3.63) is 317 Å². The van der Waals surface area contributed by atoms with E-state index in [1.165, 1.54) is 66.8 Å². The van der Waals surface area contributed by atoms with Crippen molar-refractivity contribution in [1.29, 1.82) is 0 Å². The number of fused-ring (bicyclic) bond motifs is 16. The average molecular weight is 940 g/mol. The van der Waals surface area contributed by atoms with Gasteiger partial charge in [0.15, 0.2) is 17.5 Å². The third-order valence-electron chi connectivity index (χ3n) is 16.0. The van der Waals surface area contributed by atoms with Crippen molar-refractivity contribution in [2.45, 2.75) is 10.8 Å². The number of hydrogen-bond acceptors (Lipinski definition) is 3. The first-order chi connectivity index (χ1) is 36.7. The molecule has 0 saturated carbocycles. The zero-order valence-electron chi connectivity index (χ0n) is 40.3. The van der Waals surface area contributed by atoms with Gasteiger partial charge in [-0.2, -0.15) is 0 Å². The van der Waals surface area contributed by atoms with E-state index in [4.69, 9.17) is 15.0 Å². The van der Waals surface area contributed by atoms with Crippen LogP contribution in [0, 0.1) is 0 Å². The molecule has 74 heavy (non-hydrogen) atoms. The smallest absolute Gasteiger partial charge is 0.164 e. The van der Waals surface area contributed by atoms with Gasteiger partial charge in [-0.05, 0) is 124 Å². The maximum atomic E-state index is 5.27. The summed E-state index contributed by atoms with van der Waals surface area (Å²) in [5.74, 6) is 1.86. The first kappa shape index (κ1) is 42.1. The molecule has 3 aliphatic carbocycles. The van der Waals surface area contributed by atoms with Gasteiger partial charge in [-0.3, -0.25) is 0 Å². The molecule has 11 aromatic carbocycles. The molecule has 0 unspecified atom stereocenters. The molecule has 3 nitrogen and oxygen atoms in total. The minimum atomic E-state index is -0.551. The average Bonchev–Trinajstić information content (AvgIpc) is 3.95. The molecule has 0 aliphatic heterocycles. The highest BCUT2D eigenvalue weighted by molar-refractivity contribution is 5.95. The third kappa shape index (κ3) is 6.11. The van der Waals surface area contributed by atoms with Crippen molar-refractivity contribution in [2.75, 3.05) is 0 Å². The number of benzene rings is 11. The lowest BCUT2D eigenvalue weighted by Crippen LogP contribution is -2.43. The van der Waals surface area contributed by atoms with Crippen LogP contribution in [0.15, 0.2) is 273 Å². The monoisotopic (exact) mass is 939 g/mol. The van der Waals surface area contributed by atoms with Crippen LogP contribution >= 0.6 is 0 Å². The first-order valence-corrected chi connectivity index (χ1v) is 25.5. The molecule has 15 rings (SSSR count). The minimum absolute atomic E-state index is 0.478. The predicted octanol–water partition coefficient (Wildman–Crippen LogP) is 16.9. The van der Waals surface area contributed by atoms with Crippen LogP contribution in [0.2, 0.25) is 0 Å². The fourth-order valence-electron chi connectivity index (χ4n) is 13.0. The van der Waals surface area contributed by atoms with Crippen LogP contribution < -0.4 is 0 Å². The Bertz CT molecular complexity index is 4010. The van der Waals surface area contributed by atoms with Gasteiger partial charge in [-0.15, -0.1) is 0 Å². The molecule has 3 heteroatoms. The first-order valence-electron chi connectivity index (χ1n) is 25.5. The predicted molar refractivity (Wildman–Crippen MR) is 301 cm³/mol. The Labute approximate surface area is 430 Å². The normalized spacial score (nSPS) is 13.6. The molecule has 0 N–H and O–H groups in total. The van der Waals surface area contributed by atoms with Crippen LogP contribution in [-0.4, -0.2) is 15.0 Å². The van der Waals surface area contributed by atoms with Gasteiger partial charge < -0.3 is 0 Å². The standard InChI is InChI=1S/C71H45N3/c1-3-20-46(21-4-1)48-24-17-27-52(42-48)67-72-68(53-28-18-25-49(43-53)47-22-5-2-6-23-47)74-69(73-67)54-29-19-26-50(44-54)51-40-41-62-58(45-51)57-32-9-12-35-61(57)71(62)65-38-15-13-36-63(65)70(64-37-14-16-39-66(64)71)59-33-10-7-30-55(59)56-31-8-11-34-60(56)70/h1-45H. The van der Waals surface area contributed by atoms with Gasteiger partial charge in [0.1, 0.15) is 0 Å². The van der Waals surface area contributed by atoms with Crippen LogP contribution in [0.5, 0.6) is 0 Å². The highest BCUT2D eigenvalue weighted by atomic mass is 15.0. The Hall–Kier alpha value is -9.57. The summed E-state index contributed by atoms with van der Waals surface area (Å²) >= 11 is 0. The van der Waals surface area contributed by atoms with Crippen LogP contribution in [0.25, 0.3) is 89.8 Å². The topological polar surface area (TPSA) is 38.7 Å².